The van der Waals surface area contributed by atoms with Crippen molar-refractivity contribution in [3.05, 3.63) is 33.6 Å². The summed E-state index contributed by atoms with van der Waals surface area (Å²) in [7, 11) is 0. The summed E-state index contributed by atoms with van der Waals surface area (Å²) in [5, 5.41) is 11.4. The number of nitrogens with one attached hydrogen (secondary N) is 2. The van der Waals surface area contributed by atoms with Crippen LogP contribution < -0.4 is 10.6 Å². The number of rotatable bonds is 5. The molecule has 0 aliphatic heterocycles. The highest BCUT2D eigenvalue weighted by atomic mass is 127. The monoisotopic (exact) mass is 421 g/mol. The zero-order chi connectivity index (χ0) is 14.4. The fourth-order valence-electron chi connectivity index (χ4n) is 1.60. The van der Waals surface area contributed by atoms with Crippen LogP contribution in [-0.4, -0.2) is 22.6 Å². The smallest absolute Gasteiger partial charge is 0.191 e. The molecule has 0 spiro atoms. The zero-order valence-corrected chi connectivity index (χ0v) is 15.5. The van der Waals surface area contributed by atoms with Gasteiger partial charge in [-0.25, -0.2) is 9.98 Å². The normalized spacial score (nSPS) is 11.1. The molecule has 116 valence electrons. The zero-order valence-electron chi connectivity index (χ0n) is 12.3. The number of aliphatic imine (C=N–C) groups is 1. The van der Waals surface area contributed by atoms with Crippen molar-refractivity contribution in [3.8, 4) is 0 Å². The van der Waals surface area contributed by atoms with Crippen LogP contribution >= 0.6 is 35.3 Å². The predicted molar refractivity (Wildman–Crippen MR) is 95.2 cm³/mol. The minimum Gasteiger partial charge on any atom is -0.364 e. The van der Waals surface area contributed by atoms with Crippen LogP contribution in [0.4, 0.5) is 0 Å². The maximum atomic E-state index is 4.78. The molecule has 0 atom stereocenters. The molecule has 0 unspecified atom stereocenters. The van der Waals surface area contributed by atoms with Crippen molar-refractivity contribution in [3.63, 3.8) is 0 Å². The fourth-order valence-corrected chi connectivity index (χ4v) is 2.47. The van der Waals surface area contributed by atoms with Crippen LogP contribution in [0.5, 0.6) is 0 Å². The van der Waals surface area contributed by atoms with Gasteiger partial charge in [0.05, 0.1) is 18.8 Å². The summed E-state index contributed by atoms with van der Waals surface area (Å²) < 4.78 is 4.78. The second kappa shape index (κ2) is 8.98. The Hall–Kier alpha value is -1.16. The molecule has 2 rings (SSSR count). The Morgan fingerprint density at radius 3 is 2.76 bits per heavy atom. The maximum Gasteiger partial charge on any atom is 0.191 e. The standard InChI is InChI=1S/C13H19N5OS.HI/c1-4-14-13(15-7-11-5-6-19-18-11)16-8-12-17-9(2)10(3)20-12;/h5-6H,4,7-8H2,1-3H3,(H2,14,15,16);1H. The van der Waals surface area contributed by atoms with Crippen molar-refractivity contribution in [2.45, 2.75) is 33.9 Å². The van der Waals surface area contributed by atoms with Crippen molar-refractivity contribution in [2.75, 3.05) is 6.54 Å². The van der Waals surface area contributed by atoms with Gasteiger partial charge in [-0.1, -0.05) is 5.16 Å². The number of aryl methyl sites for hydroxylation is 2. The van der Waals surface area contributed by atoms with Crippen molar-refractivity contribution in [1.82, 2.24) is 20.8 Å². The molecule has 0 aromatic carbocycles. The van der Waals surface area contributed by atoms with E-state index in [4.69, 9.17) is 4.52 Å². The highest BCUT2D eigenvalue weighted by Gasteiger charge is 2.05. The molecule has 0 fully saturated rings. The first-order chi connectivity index (χ1) is 9.69. The van der Waals surface area contributed by atoms with Gasteiger partial charge in [-0.05, 0) is 20.8 Å². The van der Waals surface area contributed by atoms with Crippen molar-refractivity contribution >= 4 is 41.3 Å². The first-order valence-corrected chi connectivity index (χ1v) is 7.35. The van der Waals surface area contributed by atoms with Crippen LogP contribution in [0.1, 0.15) is 28.2 Å². The summed E-state index contributed by atoms with van der Waals surface area (Å²) in [5.74, 6) is 0.751. The van der Waals surface area contributed by atoms with Gasteiger partial charge in [0.25, 0.3) is 0 Å². The molecule has 6 nitrogen and oxygen atoms in total. The molecule has 2 N–H and O–H groups in total. The third kappa shape index (κ3) is 5.62. The summed E-state index contributed by atoms with van der Waals surface area (Å²) in [5.41, 5.74) is 1.90. The van der Waals surface area contributed by atoms with Gasteiger partial charge in [0, 0.05) is 17.5 Å². The van der Waals surface area contributed by atoms with E-state index in [1.165, 1.54) is 4.88 Å². The molecule has 2 heterocycles. The van der Waals surface area contributed by atoms with Gasteiger partial charge in [0.1, 0.15) is 17.0 Å². The summed E-state index contributed by atoms with van der Waals surface area (Å²) in [6, 6.07) is 1.81. The Bertz CT molecular complexity index is 548. The minimum absolute atomic E-state index is 0. The molecular formula is C13H20IN5OS. The van der Waals surface area contributed by atoms with Gasteiger partial charge in [0.2, 0.25) is 0 Å². The number of hydrogen-bond acceptors (Lipinski definition) is 5. The fraction of sp³-hybridized carbons (Fsp3) is 0.462. The van der Waals surface area contributed by atoms with Crippen LogP contribution in [0.2, 0.25) is 0 Å². The molecule has 0 saturated carbocycles. The van der Waals surface area contributed by atoms with E-state index in [1.807, 2.05) is 13.8 Å². The molecule has 0 aliphatic rings. The van der Waals surface area contributed by atoms with Gasteiger partial charge in [-0.3, -0.25) is 0 Å². The third-order valence-corrected chi connectivity index (χ3v) is 3.79. The average Bonchev–Trinajstić information content (AvgIpc) is 3.04. The first kappa shape index (κ1) is 17.9. The van der Waals surface area contributed by atoms with Gasteiger partial charge in [-0.15, -0.1) is 35.3 Å². The SMILES string of the molecule is CCNC(=NCc1ccon1)NCc1nc(C)c(C)s1.I. The van der Waals surface area contributed by atoms with E-state index >= 15 is 0 Å². The van der Waals surface area contributed by atoms with Gasteiger partial charge >= 0.3 is 0 Å². The average molecular weight is 421 g/mol. The Labute approximate surface area is 145 Å². The molecule has 8 heteroatoms. The molecule has 0 radical (unpaired) electrons. The largest absolute Gasteiger partial charge is 0.364 e. The van der Waals surface area contributed by atoms with Crippen LogP contribution in [-0.2, 0) is 13.1 Å². The minimum atomic E-state index is 0. The van der Waals surface area contributed by atoms with E-state index in [0.717, 1.165) is 28.9 Å². The van der Waals surface area contributed by atoms with E-state index in [9.17, 15) is 0 Å². The number of halogens is 1. The van der Waals surface area contributed by atoms with Crippen LogP contribution in [0.3, 0.4) is 0 Å². The molecule has 0 aliphatic carbocycles. The topological polar surface area (TPSA) is 75.3 Å². The van der Waals surface area contributed by atoms with E-state index in [0.29, 0.717) is 13.1 Å². The highest BCUT2D eigenvalue weighted by Crippen LogP contribution is 2.15. The third-order valence-electron chi connectivity index (χ3n) is 2.71. The van der Waals surface area contributed by atoms with Gasteiger partial charge < -0.3 is 15.2 Å². The quantitative estimate of drug-likeness (QED) is 0.441. The van der Waals surface area contributed by atoms with Crippen molar-refractivity contribution in [1.29, 1.82) is 0 Å². The van der Waals surface area contributed by atoms with Crippen LogP contribution in [0.15, 0.2) is 21.8 Å². The number of aromatic nitrogens is 2. The summed E-state index contributed by atoms with van der Waals surface area (Å²) in [6.45, 7) is 8.11. The number of nitrogens with zero attached hydrogens (tertiary/aromatic N) is 3. The van der Waals surface area contributed by atoms with Crippen molar-refractivity contribution in [2.24, 2.45) is 4.99 Å². The number of guanidine groups is 1. The lowest BCUT2D eigenvalue weighted by Crippen LogP contribution is -2.36. The second-order valence-corrected chi connectivity index (χ2v) is 5.58. The molecular weight excluding hydrogens is 401 g/mol. The summed E-state index contributed by atoms with van der Waals surface area (Å²) in [6.07, 6.45) is 1.55. The summed E-state index contributed by atoms with van der Waals surface area (Å²) >= 11 is 1.71. The number of hydrogen-bond donors (Lipinski definition) is 2. The van der Waals surface area contributed by atoms with E-state index in [1.54, 1.807) is 23.7 Å². The second-order valence-electron chi connectivity index (χ2n) is 4.29. The van der Waals surface area contributed by atoms with E-state index in [2.05, 4.69) is 32.7 Å². The molecule has 2 aromatic heterocycles. The molecule has 2 aromatic rings. The van der Waals surface area contributed by atoms with E-state index in [-0.39, 0.29) is 24.0 Å². The lowest BCUT2D eigenvalue weighted by molar-refractivity contribution is 0.412. The lowest BCUT2D eigenvalue weighted by atomic mass is 10.4. The van der Waals surface area contributed by atoms with Gasteiger partial charge in [0.15, 0.2) is 5.96 Å². The van der Waals surface area contributed by atoms with E-state index < -0.39 is 0 Å². The highest BCUT2D eigenvalue weighted by molar-refractivity contribution is 14.0. The molecule has 21 heavy (non-hydrogen) atoms. The number of thiazole rings is 1. The summed E-state index contributed by atoms with van der Waals surface area (Å²) in [4.78, 5) is 10.2. The molecule has 0 saturated heterocycles. The Balaban J connectivity index is 0.00000220. The van der Waals surface area contributed by atoms with Crippen LogP contribution in [0, 0.1) is 13.8 Å². The Morgan fingerprint density at radius 2 is 2.19 bits per heavy atom. The molecule has 0 bridgehead atoms. The lowest BCUT2D eigenvalue weighted by Gasteiger charge is -2.09. The van der Waals surface area contributed by atoms with Crippen molar-refractivity contribution < 1.29 is 4.52 Å². The first-order valence-electron chi connectivity index (χ1n) is 6.53. The molecule has 0 amide bonds. The maximum absolute atomic E-state index is 4.78. The Morgan fingerprint density at radius 1 is 1.38 bits per heavy atom. The van der Waals surface area contributed by atoms with Crippen LogP contribution in [0.25, 0.3) is 0 Å². The van der Waals surface area contributed by atoms with Gasteiger partial charge in [-0.2, -0.15) is 0 Å². The predicted octanol–water partition coefficient (Wildman–Crippen LogP) is 2.62. The Kier molecular flexibility index (Phi) is 7.65.